The first-order chi connectivity index (χ1) is 9.63. The molecular weight excluding hydrogens is 264 g/mol. The van der Waals surface area contributed by atoms with Gasteiger partial charge in [0, 0.05) is 11.1 Å². The Morgan fingerprint density at radius 3 is 2.15 bits per heavy atom. The van der Waals surface area contributed by atoms with Gasteiger partial charge < -0.3 is 4.79 Å². The summed E-state index contributed by atoms with van der Waals surface area (Å²) in [5.41, 5.74) is 1.34. The second-order valence-electron chi connectivity index (χ2n) is 3.91. The maximum Gasteiger partial charge on any atom is 0.129 e. The molecule has 0 spiro atoms. The summed E-state index contributed by atoms with van der Waals surface area (Å²) >= 11 is 1.80. The van der Waals surface area contributed by atoms with Crippen molar-refractivity contribution >= 4 is 27.2 Å². The van der Waals surface area contributed by atoms with E-state index in [0.717, 1.165) is 12.8 Å². The molecule has 2 rings (SSSR count). The Hall–Kier alpha value is -1.15. The van der Waals surface area contributed by atoms with E-state index in [0.29, 0.717) is 0 Å². The number of fused-ring (bicyclic) bond motifs is 1. The number of rotatable bonds is 2. The second kappa shape index (κ2) is 14.3. The van der Waals surface area contributed by atoms with Gasteiger partial charge in [0.25, 0.3) is 0 Å². The molecule has 0 unspecified atom stereocenters. The number of benzene rings is 1. The topological polar surface area (TPSA) is 17.1 Å². The van der Waals surface area contributed by atoms with E-state index in [1.54, 1.807) is 18.3 Å². The molecule has 0 fully saturated rings. The fourth-order valence-corrected chi connectivity index (χ4v) is 2.21. The average molecular weight is 295 g/mol. The van der Waals surface area contributed by atoms with E-state index in [2.05, 4.69) is 36.6 Å². The number of hydrogen-bond donors (Lipinski definition) is 0. The Morgan fingerprint density at radius 2 is 1.70 bits per heavy atom. The molecule has 0 saturated heterocycles. The molecule has 20 heavy (non-hydrogen) atoms. The lowest BCUT2D eigenvalue weighted by atomic mass is 10.2. The quantitative estimate of drug-likeness (QED) is 0.607. The maximum atomic E-state index is 10.0. The Morgan fingerprint density at radius 1 is 1.10 bits per heavy atom. The fourth-order valence-electron chi connectivity index (χ4n) is 1.44. The van der Waals surface area contributed by atoms with Gasteiger partial charge in [-0.1, -0.05) is 52.3 Å². The molecule has 0 atom stereocenters. The van der Waals surface area contributed by atoms with Crippen molar-refractivity contribution in [2.45, 2.75) is 61.3 Å². The zero-order valence-electron chi connectivity index (χ0n) is 14.1. The number of carbonyl (C=O) groups excluding carboxylic acids is 1. The monoisotopic (exact) mass is 294 g/mol. The third kappa shape index (κ3) is 9.74. The first-order valence-corrected chi connectivity index (χ1v) is 8.44. The van der Waals surface area contributed by atoms with Crippen molar-refractivity contribution in [1.82, 2.24) is 0 Å². The van der Waals surface area contributed by atoms with Crippen molar-refractivity contribution in [3.63, 3.8) is 0 Å². The summed E-state index contributed by atoms with van der Waals surface area (Å²) in [6.07, 6.45) is 1.72. The molecule has 0 aliphatic carbocycles. The summed E-state index contributed by atoms with van der Waals surface area (Å²) in [6.45, 7) is 13.7. The van der Waals surface area contributed by atoms with Crippen LogP contribution in [0.25, 0.3) is 10.1 Å². The van der Waals surface area contributed by atoms with E-state index in [9.17, 15) is 4.79 Å². The van der Waals surface area contributed by atoms with Crippen LogP contribution in [0.1, 0.15) is 59.9 Å². The van der Waals surface area contributed by atoms with Crippen molar-refractivity contribution in [1.29, 1.82) is 0 Å². The maximum absolute atomic E-state index is 10.0. The standard InChI is InChI=1S/C9H8S.C5H10O.2C2H6/c1-7-2-3-9-8(6-7)4-5-10-9;1-3-4-5(2)6;2*1-2/h2-6H,1H3;3-4H2,1-2H3;2*1-2H3. The molecule has 0 aliphatic heterocycles. The van der Waals surface area contributed by atoms with Gasteiger partial charge in [0.05, 0.1) is 0 Å². The zero-order valence-corrected chi connectivity index (χ0v) is 14.9. The molecule has 1 nitrogen and oxygen atoms in total. The molecular formula is C18H30OS. The Labute approximate surface area is 129 Å². The number of ketones is 1. The van der Waals surface area contributed by atoms with Gasteiger partial charge in [0.2, 0.25) is 0 Å². The molecule has 114 valence electrons. The zero-order chi connectivity index (χ0) is 16.0. The van der Waals surface area contributed by atoms with Gasteiger partial charge in [0.15, 0.2) is 0 Å². The number of hydrogen-bond acceptors (Lipinski definition) is 2. The van der Waals surface area contributed by atoms with Crippen molar-refractivity contribution in [3.05, 3.63) is 35.2 Å². The lowest BCUT2D eigenvalue weighted by Crippen LogP contribution is -1.84. The lowest BCUT2D eigenvalue weighted by Gasteiger charge is -1.89. The fraction of sp³-hybridized carbons (Fsp3) is 0.500. The smallest absolute Gasteiger partial charge is 0.129 e. The molecule has 0 aliphatic rings. The molecule has 1 heterocycles. The highest BCUT2D eigenvalue weighted by Crippen LogP contribution is 2.20. The van der Waals surface area contributed by atoms with E-state index in [1.165, 1.54) is 15.6 Å². The highest BCUT2D eigenvalue weighted by atomic mass is 32.1. The van der Waals surface area contributed by atoms with Crippen LogP contribution in [0.15, 0.2) is 29.6 Å². The lowest BCUT2D eigenvalue weighted by molar-refractivity contribution is -0.117. The summed E-state index contributed by atoms with van der Waals surface area (Å²) < 4.78 is 1.38. The van der Waals surface area contributed by atoms with E-state index >= 15 is 0 Å². The van der Waals surface area contributed by atoms with Crippen LogP contribution in [-0.4, -0.2) is 5.78 Å². The van der Waals surface area contributed by atoms with Crippen LogP contribution in [0.5, 0.6) is 0 Å². The van der Waals surface area contributed by atoms with E-state index < -0.39 is 0 Å². The number of aryl methyl sites for hydroxylation is 1. The van der Waals surface area contributed by atoms with Crippen LogP contribution < -0.4 is 0 Å². The van der Waals surface area contributed by atoms with Crippen LogP contribution in [0.4, 0.5) is 0 Å². The molecule has 0 amide bonds. The molecule has 0 bridgehead atoms. The Kier molecular flexibility index (Phi) is 15.1. The van der Waals surface area contributed by atoms with Crippen molar-refractivity contribution < 1.29 is 4.79 Å². The minimum Gasteiger partial charge on any atom is -0.300 e. The third-order valence-electron chi connectivity index (χ3n) is 2.21. The van der Waals surface area contributed by atoms with Crippen molar-refractivity contribution in [2.75, 3.05) is 0 Å². The van der Waals surface area contributed by atoms with Crippen LogP contribution in [0.2, 0.25) is 0 Å². The van der Waals surface area contributed by atoms with E-state index in [-0.39, 0.29) is 5.78 Å². The molecule has 1 aromatic heterocycles. The van der Waals surface area contributed by atoms with Crippen LogP contribution >= 0.6 is 11.3 Å². The average Bonchev–Trinajstić information content (AvgIpc) is 2.91. The second-order valence-corrected chi connectivity index (χ2v) is 4.86. The molecule has 0 saturated carbocycles. The van der Waals surface area contributed by atoms with Crippen LogP contribution in [-0.2, 0) is 4.79 Å². The van der Waals surface area contributed by atoms with Gasteiger partial charge >= 0.3 is 0 Å². The van der Waals surface area contributed by atoms with E-state index in [1.807, 2.05) is 34.6 Å². The van der Waals surface area contributed by atoms with Crippen molar-refractivity contribution in [3.8, 4) is 0 Å². The van der Waals surface area contributed by atoms with Gasteiger partial charge in [-0.05, 0) is 43.2 Å². The minimum atomic E-state index is 0.289. The Bertz CT molecular complexity index is 457. The summed E-state index contributed by atoms with van der Waals surface area (Å²) in [4.78, 5) is 10.0. The Balaban J connectivity index is 0. The van der Waals surface area contributed by atoms with E-state index in [4.69, 9.17) is 0 Å². The number of thiophene rings is 1. The highest BCUT2D eigenvalue weighted by molar-refractivity contribution is 7.17. The van der Waals surface area contributed by atoms with Gasteiger partial charge in [-0.2, -0.15) is 0 Å². The van der Waals surface area contributed by atoms with Crippen LogP contribution in [0, 0.1) is 6.92 Å². The summed E-state index contributed by atoms with van der Waals surface area (Å²) in [5.74, 6) is 0.289. The predicted octanol–water partition coefficient (Wildman–Crippen LogP) is 6.64. The van der Waals surface area contributed by atoms with Gasteiger partial charge in [0.1, 0.15) is 5.78 Å². The predicted molar refractivity (Wildman–Crippen MR) is 94.8 cm³/mol. The van der Waals surface area contributed by atoms with Gasteiger partial charge in [-0.15, -0.1) is 11.3 Å². The molecule has 0 N–H and O–H groups in total. The minimum absolute atomic E-state index is 0.289. The largest absolute Gasteiger partial charge is 0.300 e. The molecule has 2 heteroatoms. The molecule has 1 aromatic carbocycles. The first kappa shape index (κ1) is 21.2. The first-order valence-electron chi connectivity index (χ1n) is 7.56. The number of carbonyl (C=O) groups is 1. The third-order valence-corrected chi connectivity index (χ3v) is 3.11. The van der Waals surface area contributed by atoms with Gasteiger partial charge in [-0.3, -0.25) is 0 Å². The number of Topliss-reactive ketones (excluding diaryl/α,β-unsaturated/α-hetero) is 1. The summed E-state index contributed by atoms with van der Waals surface area (Å²) in [5, 5.41) is 3.49. The molecule has 2 aromatic rings. The van der Waals surface area contributed by atoms with Gasteiger partial charge in [-0.25, -0.2) is 0 Å². The highest BCUT2D eigenvalue weighted by Gasteiger charge is 1.91. The molecule has 0 radical (unpaired) electrons. The van der Waals surface area contributed by atoms with Crippen LogP contribution in [0.3, 0.4) is 0 Å². The summed E-state index contributed by atoms with van der Waals surface area (Å²) in [6, 6.07) is 8.70. The summed E-state index contributed by atoms with van der Waals surface area (Å²) in [7, 11) is 0. The normalized spacial score (nSPS) is 8.35. The SMILES string of the molecule is CC.CC.CCCC(C)=O.Cc1ccc2sccc2c1. The van der Waals surface area contributed by atoms with Crippen molar-refractivity contribution in [2.24, 2.45) is 0 Å².